The lowest BCUT2D eigenvalue weighted by atomic mass is 10.2. The number of phenols is 1. The van der Waals surface area contributed by atoms with Gasteiger partial charge >= 0.3 is 0 Å². The minimum Gasteiger partial charge on any atom is -0.506 e. The Labute approximate surface area is 117 Å². The summed E-state index contributed by atoms with van der Waals surface area (Å²) in [6.07, 6.45) is 0. The monoisotopic (exact) mass is 289 g/mol. The smallest absolute Gasteiger partial charge is 0.291 e. The highest BCUT2D eigenvalue weighted by Crippen LogP contribution is 2.35. The van der Waals surface area contributed by atoms with Crippen LogP contribution in [0.1, 0.15) is 0 Å². The summed E-state index contributed by atoms with van der Waals surface area (Å²) in [6, 6.07) is 6.37. The first-order valence-corrected chi connectivity index (χ1v) is 5.20. The first-order chi connectivity index (χ1) is 9.44. The van der Waals surface area contributed by atoms with Crippen LogP contribution in [0.4, 0.5) is 11.4 Å². The number of benzene rings is 1. The fraction of sp³-hybridized carbons (Fsp3) is 0. The van der Waals surface area contributed by atoms with Crippen molar-refractivity contribution < 1.29 is 10.0 Å². The zero-order valence-electron chi connectivity index (χ0n) is 9.59. The Morgan fingerprint density at radius 2 is 1.90 bits per heavy atom. The summed E-state index contributed by atoms with van der Waals surface area (Å²) in [6.45, 7) is 0. The predicted octanol–water partition coefficient (Wildman–Crippen LogP) is 2.19. The Morgan fingerprint density at radius 1 is 1.30 bits per heavy atom. The molecule has 0 aromatic heterocycles. The third-order valence-corrected chi connectivity index (χ3v) is 2.41. The van der Waals surface area contributed by atoms with Crippen LogP contribution in [0, 0.1) is 44.1 Å². The summed E-state index contributed by atoms with van der Waals surface area (Å²) in [5.41, 5.74) is -1.56. The van der Waals surface area contributed by atoms with Crippen LogP contribution in [-0.2, 0) is 0 Å². The molecule has 0 spiro atoms. The molecule has 0 aliphatic carbocycles. The van der Waals surface area contributed by atoms with Crippen molar-refractivity contribution in [2.75, 3.05) is 5.32 Å². The number of nitro benzene ring substituents is 1. The van der Waals surface area contributed by atoms with Crippen LogP contribution in [0.3, 0.4) is 0 Å². The van der Waals surface area contributed by atoms with Gasteiger partial charge in [-0.3, -0.25) is 10.1 Å². The number of anilines is 1. The number of nitrogens with zero attached hydrogens (tertiary/aromatic N) is 4. The van der Waals surface area contributed by atoms with E-state index >= 15 is 0 Å². The molecule has 9 heteroatoms. The molecule has 20 heavy (non-hydrogen) atoms. The van der Waals surface area contributed by atoms with Gasteiger partial charge in [0.25, 0.3) is 5.69 Å². The minimum atomic E-state index is -0.789. The number of hydrogen-bond acceptors (Lipinski definition) is 7. The third-order valence-electron chi connectivity index (χ3n) is 2.11. The first-order valence-electron chi connectivity index (χ1n) is 4.83. The molecule has 0 aliphatic rings. The molecular weight excluding hydrogens is 286 g/mol. The van der Waals surface area contributed by atoms with E-state index in [2.05, 4.69) is 5.32 Å². The number of nitro groups is 1. The van der Waals surface area contributed by atoms with Gasteiger partial charge in [-0.25, -0.2) is 0 Å². The number of hydrogen-bond donors (Lipinski definition) is 2. The summed E-state index contributed by atoms with van der Waals surface area (Å²) in [5, 5.41) is 48.4. The second kappa shape index (κ2) is 6.05. The van der Waals surface area contributed by atoms with E-state index in [0.717, 1.165) is 12.1 Å². The van der Waals surface area contributed by atoms with Crippen LogP contribution in [0.15, 0.2) is 23.4 Å². The van der Waals surface area contributed by atoms with E-state index < -0.39 is 27.6 Å². The van der Waals surface area contributed by atoms with Gasteiger partial charge in [0.05, 0.1) is 16.7 Å². The third kappa shape index (κ3) is 2.94. The van der Waals surface area contributed by atoms with Crippen LogP contribution in [0.2, 0.25) is 5.02 Å². The molecule has 0 aliphatic heterocycles. The van der Waals surface area contributed by atoms with E-state index in [1.165, 1.54) is 12.1 Å². The molecule has 2 N–H and O–H groups in total. The number of nitrogens with one attached hydrogen (secondary N) is 1. The maximum atomic E-state index is 10.6. The highest BCUT2D eigenvalue weighted by Gasteiger charge is 2.18. The van der Waals surface area contributed by atoms with E-state index in [1.54, 1.807) is 6.07 Å². The highest BCUT2D eigenvalue weighted by molar-refractivity contribution is 6.33. The molecule has 1 rings (SSSR count). The molecule has 0 radical (unpaired) electrons. The molecule has 0 fully saturated rings. The molecule has 98 valence electrons. The van der Waals surface area contributed by atoms with Gasteiger partial charge in [-0.1, -0.05) is 11.6 Å². The summed E-state index contributed by atoms with van der Waals surface area (Å²) >= 11 is 5.65. The lowest BCUT2D eigenvalue weighted by Crippen LogP contribution is -2.01. The largest absolute Gasteiger partial charge is 0.506 e. The summed E-state index contributed by atoms with van der Waals surface area (Å²) in [5.74, 6) is -0.552. The van der Waals surface area contributed by atoms with Gasteiger partial charge in [0.1, 0.15) is 34.7 Å². The van der Waals surface area contributed by atoms with Crippen LogP contribution in [0.25, 0.3) is 0 Å². The van der Waals surface area contributed by atoms with E-state index in [0.29, 0.717) is 0 Å². The van der Waals surface area contributed by atoms with Crippen molar-refractivity contribution >= 4 is 23.0 Å². The molecule has 0 unspecified atom stereocenters. The normalized spacial score (nSPS) is 8.70. The maximum Gasteiger partial charge on any atom is 0.291 e. The quantitative estimate of drug-likeness (QED) is 0.375. The molecule has 0 saturated carbocycles. The summed E-state index contributed by atoms with van der Waals surface area (Å²) < 4.78 is 0. The van der Waals surface area contributed by atoms with Crippen LogP contribution in [-0.4, -0.2) is 10.0 Å². The van der Waals surface area contributed by atoms with Crippen molar-refractivity contribution in [2.45, 2.75) is 0 Å². The maximum absolute atomic E-state index is 10.6. The van der Waals surface area contributed by atoms with Crippen molar-refractivity contribution in [3.63, 3.8) is 0 Å². The summed E-state index contributed by atoms with van der Waals surface area (Å²) in [7, 11) is 0. The van der Waals surface area contributed by atoms with E-state index in [-0.39, 0.29) is 10.7 Å². The molecule has 0 atom stereocenters. The van der Waals surface area contributed by atoms with Crippen molar-refractivity contribution in [1.82, 2.24) is 0 Å². The Balaban J connectivity index is 3.32. The standard InChI is InChI=1S/C11H4ClN5O3/c12-7-1-8(11(18)2-10(7)17(19)20)16-9(5-15)6(3-13)4-14/h1-2,16,18H. The second-order valence-corrected chi connectivity index (χ2v) is 3.70. The molecule has 0 saturated heterocycles. The number of halogens is 1. The molecular formula is C11H4ClN5O3. The number of nitriles is 3. The number of aromatic hydroxyl groups is 1. The SMILES string of the molecule is N#CC(C#N)=C(C#N)Nc1cc(Cl)c([N+](=O)[O-])cc1O. The Morgan fingerprint density at radius 3 is 2.35 bits per heavy atom. The van der Waals surface area contributed by atoms with Gasteiger partial charge in [0.2, 0.25) is 0 Å². The average molecular weight is 290 g/mol. The zero-order chi connectivity index (χ0) is 15.3. The minimum absolute atomic E-state index is 0.139. The van der Waals surface area contributed by atoms with Crippen molar-refractivity contribution in [3.05, 3.63) is 38.5 Å². The van der Waals surface area contributed by atoms with Crippen molar-refractivity contribution in [1.29, 1.82) is 15.8 Å². The van der Waals surface area contributed by atoms with Gasteiger partial charge in [0.15, 0.2) is 5.57 Å². The summed E-state index contributed by atoms with van der Waals surface area (Å²) in [4.78, 5) is 9.82. The lowest BCUT2D eigenvalue weighted by molar-refractivity contribution is -0.384. The highest BCUT2D eigenvalue weighted by atomic mass is 35.5. The molecule has 0 heterocycles. The van der Waals surface area contributed by atoms with Crippen molar-refractivity contribution in [2.24, 2.45) is 0 Å². The molecule has 1 aromatic rings. The van der Waals surface area contributed by atoms with Gasteiger partial charge in [-0.15, -0.1) is 0 Å². The van der Waals surface area contributed by atoms with Gasteiger partial charge in [-0.2, -0.15) is 15.8 Å². The molecule has 0 bridgehead atoms. The van der Waals surface area contributed by atoms with Crippen molar-refractivity contribution in [3.8, 4) is 24.0 Å². The van der Waals surface area contributed by atoms with E-state index in [1.807, 2.05) is 0 Å². The molecule has 0 amide bonds. The fourth-order valence-electron chi connectivity index (χ4n) is 1.21. The fourth-order valence-corrected chi connectivity index (χ4v) is 1.44. The molecule has 1 aromatic carbocycles. The molecule has 8 nitrogen and oxygen atoms in total. The van der Waals surface area contributed by atoms with E-state index in [9.17, 15) is 15.2 Å². The number of allylic oxidation sites excluding steroid dienone is 2. The topological polar surface area (TPSA) is 147 Å². The zero-order valence-corrected chi connectivity index (χ0v) is 10.3. The Kier molecular flexibility index (Phi) is 4.47. The van der Waals surface area contributed by atoms with Gasteiger partial charge in [-0.05, 0) is 6.07 Å². The predicted molar refractivity (Wildman–Crippen MR) is 67.3 cm³/mol. The van der Waals surface area contributed by atoms with E-state index in [4.69, 9.17) is 27.4 Å². The van der Waals surface area contributed by atoms with Crippen LogP contribution in [0.5, 0.6) is 5.75 Å². The first kappa shape index (κ1) is 14.8. The second-order valence-electron chi connectivity index (χ2n) is 3.29. The Hall–Kier alpha value is -3.28. The number of rotatable bonds is 3. The van der Waals surface area contributed by atoms with Crippen LogP contribution >= 0.6 is 11.6 Å². The van der Waals surface area contributed by atoms with Crippen LogP contribution < -0.4 is 5.32 Å². The Bertz CT molecular complexity index is 720. The van der Waals surface area contributed by atoms with Gasteiger partial charge in [0, 0.05) is 0 Å². The lowest BCUT2D eigenvalue weighted by Gasteiger charge is -2.07. The number of phenolic OH excluding ortho intramolecular Hbond substituents is 1. The van der Waals surface area contributed by atoms with Gasteiger partial charge < -0.3 is 10.4 Å². The average Bonchev–Trinajstić information content (AvgIpc) is 2.41.